The lowest BCUT2D eigenvalue weighted by molar-refractivity contribution is 0.260. The lowest BCUT2D eigenvalue weighted by atomic mass is 10.0. The predicted molar refractivity (Wildman–Crippen MR) is 165 cm³/mol. The number of ether oxygens (including phenoxy) is 1. The molecule has 0 amide bonds. The van der Waals surface area contributed by atoms with Crippen molar-refractivity contribution < 1.29 is 9.13 Å². The first-order valence-electron chi connectivity index (χ1n) is 13.7. The number of nitrogens with zero attached hydrogens (tertiary/aromatic N) is 3. The molecule has 7 nitrogen and oxygen atoms in total. The van der Waals surface area contributed by atoms with Crippen molar-refractivity contribution in [2.45, 2.75) is 19.9 Å². The van der Waals surface area contributed by atoms with Crippen LogP contribution in [0.3, 0.4) is 0 Å². The molecule has 0 saturated heterocycles. The average Bonchev–Trinajstić information content (AvgIpc) is 3.56. The molecule has 0 aliphatic heterocycles. The molecule has 6 aromatic rings. The van der Waals surface area contributed by atoms with Crippen LogP contribution in [0.1, 0.15) is 13.8 Å². The zero-order valence-corrected chi connectivity index (χ0v) is 23.6. The van der Waals surface area contributed by atoms with E-state index in [0.29, 0.717) is 18.4 Å². The molecule has 3 N–H and O–H groups in total. The molecule has 0 fully saturated rings. The van der Waals surface area contributed by atoms with Crippen LogP contribution < -0.4 is 10.1 Å². The summed E-state index contributed by atoms with van der Waals surface area (Å²) in [5.41, 5.74) is 8.33. The Labute approximate surface area is 238 Å². The van der Waals surface area contributed by atoms with Crippen LogP contribution in [-0.4, -0.2) is 58.4 Å². The lowest BCUT2D eigenvalue weighted by Crippen LogP contribution is -2.19. The second-order valence-electron chi connectivity index (χ2n) is 10.9. The van der Waals surface area contributed by atoms with Gasteiger partial charge >= 0.3 is 0 Å². The minimum absolute atomic E-state index is 0.316. The van der Waals surface area contributed by atoms with Gasteiger partial charge in [0.05, 0.1) is 16.9 Å². The van der Waals surface area contributed by atoms with E-state index in [1.807, 2.05) is 61.7 Å². The molecule has 0 bridgehead atoms. The van der Waals surface area contributed by atoms with E-state index in [1.54, 1.807) is 6.07 Å². The Bertz CT molecular complexity index is 1840. The highest BCUT2D eigenvalue weighted by Gasteiger charge is 2.15. The number of nitrogens with one attached hydrogen (secondary N) is 3. The Morgan fingerprint density at radius 3 is 2.61 bits per heavy atom. The molecule has 8 heteroatoms. The monoisotopic (exact) mass is 548 g/mol. The SMILES string of the molecule is CC(C)Nc1cncc(-c2ccc3[nH]nc(-c4cc5c(-c6cc(F)cc(OCCN(C)C)c6)cccc5[nH]4)c3c2)c1. The van der Waals surface area contributed by atoms with Gasteiger partial charge in [0.1, 0.15) is 23.9 Å². The van der Waals surface area contributed by atoms with Crippen molar-refractivity contribution in [2.75, 3.05) is 32.6 Å². The molecule has 3 aromatic heterocycles. The van der Waals surface area contributed by atoms with Crippen molar-refractivity contribution in [3.63, 3.8) is 0 Å². The fraction of sp³-hybridized carbons (Fsp3) is 0.212. The number of hydrogen-bond donors (Lipinski definition) is 3. The fourth-order valence-electron chi connectivity index (χ4n) is 5.09. The normalized spacial score (nSPS) is 11.7. The molecule has 0 aliphatic rings. The Balaban J connectivity index is 1.37. The number of pyridine rings is 1. The Kier molecular flexibility index (Phi) is 7.15. The van der Waals surface area contributed by atoms with E-state index < -0.39 is 0 Å². The standard InChI is InChI=1S/C33H33FN6O/c1-20(2)36-25-13-23(18-35-19-25)21-8-9-31-29(15-21)33(39-38-31)32-17-28-27(6-5-7-30(28)37-32)22-12-24(34)16-26(14-22)41-11-10-40(3)4/h5-9,12-20,36-37H,10-11H2,1-4H3,(H,38,39). The third-order valence-electron chi connectivity index (χ3n) is 7.00. The summed E-state index contributed by atoms with van der Waals surface area (Å²) in [6.07, 6.45) is 3.71. The van der Waals surface area contributed by atoms with Gasteiger partial charge < -0.3 is 19.9 Å². The molecule has 0 unspecified atom stereocenters. The molecule has 41 heavy (non-hydrogen) atoms. The first-order valence-corrected chi connectivity index (χ1v) is 13.7. The van der Waals surface area contributed by atoms with Crippen LogP contribution >= 0.6 is 0 Å². The van der Waals surface area contributed by atoms with E-state index in [2.05, 4.69) is 63.6 Å². The molecule has 208 valence electrons. The third kappa shape index (κ3) is 5.64. The van der Waals surface area contributed by atoms with Gasteiger partial charge in [0.15, 0.2) is 0 Å². The van der Waals surface area contributed by atoms with E-state index in [9.17, 15) is 4.39 Å². The first-order chi connectivity index (χ1) is 19.8. The number of rotatable bonds is 9. The van der Waals surface area contributed by atoms with Crippen LogP contribution in [-0.2, 0) is 0 Å². The highest BCUT2D eigenvalue weighted by atomic mass is 19.1. The van der Waals surface area contributed by atoms with Crippen LogP contribution in [0, 0.1) is 5.82 Å². The summed E-state index contributed by atoms with van der Waals surface area (Å²) < 4.78 is 20.5. The Hall–Kier alpha value is -4.69. The van der Waals surface area contributed by atoms with Crippen molar-refractivity contribution in [3.05, 3.63) is 84.9 Å². The van der Waals surface area contributed by atoms with Gasteiger partial charge in [-0.15, -0.1) is 0 Å². The summed E-state index contributed by atoms with van der Waals surface area (Å²) >= 11 is 0. The molecule has 3 aromatic carbocycles. The van der Waals surface area contributed by atoms with Crippen molar-refractivity contribution >= 4 is 27.5 Å². The number of H-pyrrole nitrogens is 2. The zero-order valence-electron chi connectivity index (χ0n) is 23.6. The number of halogens is 1. The average molecular weight is 549 g/mol. The van der Waals surface area contributed by atoms with Crippen molar-refractivity contribution in [1.29, 1.82) is 0 Å². The maximum atomic E-state index is 14.6. The van der Waals surface area contributed by atoms with E-state index in [4.69, 9.17) is 4.74 Å². The number of likely N-dealkylation sites (N-methyl/N-ethyl adjacent to an activating group) is 1. The van der Waals surface area contributed by atoms with Gasteiger partial charge in [-0.2, -0.15) is 5.10 Å². The second-order valence-corrected chi connectivity index (χ2v) is 10.9. The van der Waals surface area contributed by atoms with Crippen molar-refractivity contribution in [3.8, 4) is 39.4 Å². The van der Waals surface area contributed by atoms with Crippen LogP contribution in [0.2, 0.25) is 0 Å². The fourth-order valence-corrected chi connectivity index (χ4v) is 5.09. The molecule has 3 heterocycles. The van der Waals surface area contributed by atoms with Gasteiger partial charge in [0.2, 0.25) is 0 Å². The number of aromatic amines is 2. The topological polar surface area (TPSA) is 81.9 Å². The number of benzene rings is 3. The van der Waals surface area contributed by atoms with Gasteiger partial charge in [0, 0.05) is 52.9 Å². The van der Waals surface area contributed by atoms with Crippen LogP contribution in [0.5, 0.6) is 5.75 Å². The maximum absolute atomic E-state index is 14.6. The van der Waals surface area contributed by atoms with E-state index in [-0.39, 0.29) is 5.82 Å². The Morgan fingerprint density at radius 1 is 0.902 bits per heavy atom. The molecule has 6 rings (SSSR count). The minimum atomic E-state index is -0.330. The summed E-state index contributed by atoms with van der Waals surface area (Å²) in [6.45, 7) is 5.45. The van der Waals surface area contributed by atoms with E-state index in [0.717, 1.165) is 67.7 Å². The molecule has 0 spiro atoms. The molecule has 0 aliphatic carbocycles. The Morgan fingerprint density at radius 2 is 1.78 bits per heavy atom. The quantitative estimate of drug-likeness (QED) is 0.176. The summed E-state index contributed by atoms with van der Waals surface area (Å²) in [5.74, 6) is 0.186. The third-order valence-corrected chi connectivity index (χ3v) is 7.00. The minimum Gasteiger partial charge on any atom is -0.492 e. The molecular formula is C33H33FN6O. The zero-order chi connectivity index (χ0) is 28.5. The van der Waals surface area contributed by atoms with E-state index in [1.165, 1.54) is 6.07 Å². The first kappa shape index (κ1) is 26.5. The smallest absolute Gasteiger partial charge is 0.127 e. The summed E-state index contributed by atoms with van der Waals surface area (Å²) in [6, 6.07) is 21.6. The summed E-state index contributed by atoms with van der Waals surface area (Å²) in [4.78, 5) is 10.00. The highest BCUT2D eigenvalue weighted by molar-refractivity contribution is 6.02. The summed E-state index contributed by atoms with van der Waals surface area (Å²) in [7, 11) is 3.96. The van der Waals surface area contributed by atoms with Crippen molar-refractivity contribution in [1.82, 2.24) is 25.1 Å². The largest absolute Gasteiger partial charge is 0.492 e. The molecule has 0 saturated carbocycles. The number of aromatic nitrogens is 4. The van der Waals surface area contributed by atoms with Crippen LogP contribution in [0.4, 0.5) is 10.1 Å². The van der Waals surface area contributed by atoms with Gasteiger partial charge in [-0.05, 0) is 87.1 Å². The maximum Gasteiger partial charge on any atom is 0.127 e. The molecule has 0 radical (unpaired) electrons. The van der Waals surface area contributed by atoms with Gasteiger partial charge in [-0.1, -0.05) is 18.2 Å². The number of hydrogen-bond acceptors (Lipinski definition) is 5. The number of anilines is 1. The van der Waals surface area contributed by atoms with Crippen LogP contribution in [0.15, 0.2) is 79.1 Å². The van der Waals surface area contributed by atoms with E-state index >= 15 is 0 Å². The molecule has 0 atom stereocenters. The van der Waals surface area contributed by atoms with Crippen molar-refractivity contribution in [2.24, 2.45) is 0 Å². The predicted octanol–water partition coefficient (Wildman–Crippen LogP) is 7.34. The summed E-state index contributed by atoms with van der Waals surface area (Å²) in [5, 5.41) is 13.2. The lowest BCUT2D eigenvalue weighted by Gasteiger charge is -2.12. The van der Waals surface area contributed by atoms with Gasteiger partial charge in [-0.25, -0.2) is 4.39 Å². The van der Waals surface area contributed by atoms with Gasteiger partial charge in [-0.3, -0.25) is 10.1 Å². The second kappa shape index (κ2) is 11.1. The van der Waals surface area contributed by atoms with Gasteiger partial charge in [0.25, 0.3) is 0 Å². The highest BCUT2D eigenvalue weighted by Crippen LogP contribution is 2.36. The van der Waals surface area contributed by atoms with Crippen LogP contribution in [0.25, 0.3) is 55.4 Å². The molecular weight excluding hydrogens is 515 g/mol. The number of fused-ring (bicyclic) bond motifs is 2.